The fourth-order valence-electron chi connectivity index (χ4n) is 1.77. The van der Waals surface area contributed by atoms with Crippen molar-refractivity contribution in [3.8, 4) is 0 Å². The maximum absolute atomic E-state index is 11.8. The van der Waals surface area contributed by atoms with Crippen molar-refractivity contribution < 1.29 is 4.79 Å². The molecule has 15 heavy (non-hydrogen) atoms. The second-order valence-electron chi connectivity index (χ2n) is 3.79. The van der Waals surface area contributed by atoms with Crippen LogP contribution in [0.2, 0.25) is 0 Å². The molecule has 3 nitrogen and oxygen atoms in total. The zero-order valence-electron chi connectivity index (χ0n) is 8.62. The van der Waals surface area contributed by atoms with E-state index in [0.717, 1.165) is 25.9 Å². The third-order valence-electron chi connectivity index (χ3n) is 2.65. The molecule has 0 spiro atoms. The van der Waals surface area contributed by atoms with Gasteiger partial charge in [-0.2, -0.15) is 0 Å². The fourth-order valence-corrected chi connectivity index (χ4v) is 1.77. The lowest BCUT2D eigenvalue weighted by atomic mass is 10.1. The average molecular weight is 203 g/mol. The molecule has 0 bridgehead atoms. The van der Waals surface area contributed by atoms with Crippen LogP contribution < -0.4 is 10.6 Å². The second kappa shape index (κ2) is 4.94. The van der Waals surface area contributed by atoms with Crippen LogP contribution in [0.5, 0.6) is 0 Å². The lowest BCUT2D eigenvalue weighted by Gasteiger charge is -2.23. The maximum Gasteiger partial charge on any atom is 0.251 e. The van der Waals surface area contributed by atoms with Crippen molar-refractivity contribution in [3.63, 3.8) is 0 Å². The zero-order chi connectivity index (χ0) is 10.5. The Morgan fingerprint density at radius 3 is 2.67 bits per heavy atom. The normalized spacial score (nSPS) is 17.3. The van der Waals surface area contributed by atoms with Gasteiger partial charge in [0.1, 0.15) is 0 Å². The Morgan fingerprint density at radius 1 is 1.33 bits per heavy atom. The van der Waals surface area contributed by atoms with Crippen molar-refractivity contribution in [2.75, 3.05) is 13.1 Å². The Balaban J connectivity index is 1.91. The highest BCUT2D eigenvalue weighted by atomic mass is 16.1. The van der Waals surface area contributed by atoms with E-state index >= 15 is 0 Å². The van der Waals surface area contributed by atoms with E-state index in [2.05, 4.69) is 16.7 Å². The summed E-state index contributed by atoms with van der Waals surface area (Å²) in [6.45, 7) is 1.99. The van der Waals surface area contributed by atoms with Gasteiger partial charge in [0.15, 0.2) is 0 Å². The van der Waals surface area contributed by atoms with E-state index in [0.29, 0.717) is 11.6 Å². The molecule has 1 aromatic carbocycles. The Morgan fingerprint density at radius 2 is 2.00 bits per heavy atom. The summed E-state index contributed by atoms with van der Waals surface area (Å²) in [5, 5.41) is 6.31. The molecule has 1 saturated heterocycles. The number of rotatable bonds is 2. The van der Waals surface area contributed by atoms with Crippen LogP contribution >= 0.6 is 0 Å². The van der Waals surface area contributed by atoms with Crippen LogP contribution in [0, 0.1) is 6.07 Å². The number of carbonyl (C=O) groups excluding carboxylic acids is 1. The van der Waals surface area contributed by atoms with Crippen LogP contribution in [0.1, 0.15) is 23.2 Å². The first-order valence-corrected chi connectivity index (χ1v) is 5.34. The van der Waals surface area contributed by atoms with Crippen molar-refractivity contribution in [2.24, 2.45) is 0 Å². The molecule has 1 heterocycles. The molecule has 0 atom stereocenters. The van der Waals surface area contributed by atoms with Crippen LogP contribution in [-0.4, -0.2) is 25.0 Å². The van der Waals surface area contributed by atoms with Crippen LogP contribution in [-0.2, 0) is 0 Å². The lowest BCUT2D eigenvalue weighted by Crippen LogP contribution is -2.42. The fraction of sp³-hybridized carbons (Fsp3) is 0.417. The second-order valence-corrected chi connectivity index (χ2v) is 3.79. The summed E-state index contributed by atoms with van der Waals surface area (Å²) in [7, 11) is 0. The Hall–Kier alpha value is -1.35. The van der Waals surface area contributed by atoms with Crippen molar-refractivity contribution in [1.29, 1.82) is 0 Å². The summed E-state index contributed by atoms with van der Waals surface area (Å²) in [6.07, 6.45) is 2.04. The lowest BCUT2D eigenvalue weighted by molar-refractivity contribution is 0.0929. The van der Waals surface area contributed by atoms with Gasteiger partial charge in [0.25, 0.3) is 5.91 Å². The zero-order valence-corrected chi connectivity index (χ0v) is 8.62. The highest BCUT2D eigenvalue weighted by Crippen LogP contribution is 2.04. The molecule has 2 N–H and O–H groups in total. The molecule has 1 radical (unpaired) electrons. The maximum atomic E-state index is 11.8. The highest BCUT2D eigenvalue weighted by molar-refractivity contribution is 5.94. The molecular weight excluding hydrogens is 188 g/mol. The van der Waals surface area contributed by atoms with Crippen molar-refractivity contribution >= 4 is 5.91 Å². The predicted molar refractivity (Wildman–Crippen MR) is 58.6 cm³/mol. The third kappa shape index (κ3) is 2.80. The molecule has 0 aliphatic carbocycles. The largest absolute Gasteiger partial charge is 0.349 e. The molecule has 0 saturated carbocycles. The number of nitrogens with one attached hydrogen (secondary N) is 2. The van der Waals surface area contributed by atoms with Gasteiger partial charge in [-0.1, -0.05) is 12.1 Å². The van der Waals surface area contributed by atoms with Crippen LogP contribution in [0.15, 0.2) is 24.3 Å². The van der Waals surface area contributed by atoms with Gasteiger partial charge in [-0.3, -0.25) is 4.79 Å². The first-order chi connectivity index (χ1) is 7.36. The Labute approximate surface area is 89.9 Å². The van der Waals surface area contributed by atoms with E-state index in [1.165, 1.54) is 0 Å². The molecular formula is C12H15N2O. The Kier molecular flexibility index (Phi) is 3.35. The molecule has 1 amide bonds. The van der Waals surface area contributed by atoms with Gasteiger partial charge in [-0.05, 0) is 44.1 Å². The smallest absolute Gasteiger partial charge is 0.251 e. The first kappa shape index (κ1) is 10.2. The molecule has 79 valence electrons. The standard InChI is InChI=1S/C12H15N2O/c15-12(10-4-2-1-3-5-10)14-11-6-8-13-9-7-11/h2-5,11,13H,6-9H2,(H,14,15). The average Bonchev–Trinajstić information content (AvgIpc) is 2.31. The van der Waals surface area contributed by atoms with Crippen molar-refractivity contribution in [2.45, 2.75) is 18.9 Å². The molecule has 0 unspecified atom stereocenters. The Bertz CT molecular complexity index is 318. The monoisotopic (exact) mass is 203 g/mol. The van der Waals surface area contributed by atoms with Gasteiger partial charge < -0.3 is 10.6 Å². The minimum absolute atomic E-state index is 0.0240. The highest BCUT2D eigenvalue weighted by Gasteiger charge is 2.15. The quantitative estimate of drug-likeness (QED) is 0.752. The van der Waals surface area contributed by atoms with E-state index < -0.39 is 0 Å². The van der Waals surface area contributed by atoms with Crippen molar-refractivity contribution in [1.82, 2.24) is 10.6 Å². The van der Waals surface area contributed by atoms with E-state index in [-0.39, 0.29) is 5.91 Å². The number of amides is 1. The first-order valence-electron chi connectivity index (χ1n) is 5.34. The predicted octanol–water partition coefficient (Wildman–Crippen LogP) is 0.969. The minimum atomic E-state index is 0.0240. The molecule has 2 rings (SSSR count). The van der Waals surface area contributed by atoms with Crippen LogP contribution in [0.4, 0.5) is 0 Å². The van der Waals surface area contributed by atoms with Gasteiger partial charge in [-0.25, -0.2) is 0 Å². The van der Waals surface area contributed by atoms with E-state index in [4.69, 9.17) is 0 Å². The van der Waals surface area contributed by atoms with E-state index in [9.17, 15) is 4.79 Å². The number of piperidine rings is 1. The molecule has 1 aromatic rings. The van der Waals surface area contributed by atoms with E-state index in [1.54, 1.807) is 24.3 Å². The van der Waals surface area contributed by atoms with Gasteiger partial charge in [0.05, 0.1) is 0 Å². The molecule has 0 aromatic heterocycles. The third-order valence-corrected chi connectivity index (χ3v) is 2.65. The summed E-state index contributed by atoms with van der Waals surface area (Å²) in [5.41, 5.74) is 0.715. The summed E-state index contributed by atoms with van der Waals surface area (Å²) in [6, 6.07) is 10.3. The SMILES string of the molecule is O=C(NC1CCNCC1)c1cc[c]cc1. The van der Waals surface area contributed by atoms with Crippen LogP contribution in [0.3, 0.4) is 0 Å². The summed E-state index contributed by atoms with van der Waals surface area (Å²) in [4.78, 5) is 11.8. The van der Waals surface area contributed by atoms with Crippen molar-refractivity contribution in [3.05, 3.63) is 35.9 Å². The number of carbonyl (C=O) groups is 1. The molecule has 1 aliphatic rings. The summed E-state index contributed by atoms with van der Waals surface area (Å²) in [5.74, 6) is 0.0240. The molecule has 3 heteroatoms. The summed E-state index contributed by atoms with van der Waals surface area (Å²) >= 11 is 0. The van der Waals surface area contributed by atoms with Crippen LogP contribution in [0.25, 0.3) is 0 Å². The van der Waals surface area contributed by atoms with Gasteiger partial charge in [0, 0.05) is 11.6 Å². The molecule has 1 fully saturated rings. The summed E-state index contributed by atoms with van der Waals surface area (Å²) < 4.78 is 0. The minimum Gasteiger partial charge on any atom is -0.349 e. The van der Waals surface area contributed by atoms with E-state index in [1.807, 2.05) is 0 Å². The number of hydrogen-bond acceptors (Lipinski definition) is 2. The molecule has 1 aliphatic heterocycles. The number of benzene rings is 1. The number of hydrogen-bond donors (Lipinski definition) is 2. The topological polar surface area (TPSA) is 41.1 Å². The van der Waals surface area contributed by atoms with Gasteiger partial charge in [0.2, 0.25) is 0 Å². The van der Waals surface area contributed by atoms with Gasteiger partial charge >= 0.3 is 0 Å². The van der Waals surface area contributed by atoms with Gasteiger partial charge in [-0.15, -0.1) is 0 Å².